The number of sulfonamides is 1. The van der Waals surface area contributed by atoms with Gasteiger partial charge in [0.15, 0.2) is 0 Å². The number of morpholine rings is 1. The van der Waals surface area contributed by atoms with E-state index in [1.807, 2.05) is 6.92 Å². The van der Waals surface area contributed by atoms with Gasteiger partial charge < -0.3 is 9.84 Å². The van der Waals surface area contributed by atoms with Crippen molar-refractivity contribution in [2.75, 3.05) is 32.1 Å². The van der Waals surface area contributed by atoms with Crippen molar-refractivity contribution in [3.63, 3.8) is 0 Å². The Bertz CT molecular complexity index is 291. The maximum absolute atomic E-state index is 11.9. The molecule has 0 radical (unpaired) electrons. The second kappa shape index (κ2) is 6.54. The molecule has 96 valence electrons. The molecule has 1 atom stereocenters. The zero-order chi connectivity index (χ0) is 12.0. The van der Waals surface area contributed by atoms with Gasteiger partial charge in [0.25, 0.3) is 0 Å². The van der Waals surface area contributed by atoms with Crippen LogP contribution in [-0.2, 0) is 14.8 Å². The van der Waals surface area contributed by atoms with Crippen molar-refractivity contribution >= 4 is 10.0 Å². The van der Waals surface area contributed by atoms with Crippen LogP contribution in [0, 0.1) is 0 Å². The van der Waals surface area contributed by atoms with Gasteiger partial charge in [0.1, 0.15) is 0 Å². The first kappa shape index (κ1) is 13.9. The number of aliphatic hydroxyl groups is 1. The van der Waals surface area contributed by atoms with Crippen LogP contribution in [0.5, 0.6) is 0 Å². The van der Waals surface area contributed by atoms with Gasteiger partial charge in [-0.2, -0.15) is 4.31 Å². The minimum absolute atomic E-state index is 0.0290. The van der Waals surface area contributed by atoms with E-state index in [4.69, 9.17) is 9.84 Å². The molecule has 1 rings (SSSR count). The second-order valence-corrected chi connectivity index (χ2v) is 6.09. The zero-order valence-corrected chi connectivity index (χ0v) is 10.6. The summed E-state index contributed by atoms with van der Waals surface area (Å²) in [5, 5.41) is 8.63. The molecule has 5 nitrogen and oxygen atoms in total. The monoisotopic (exact) mass is 251 g/mol. The summed E-state index contributed by atoms with van der Waals surface area (Å²) in [6.07, 6.45) is 1.93. The number of aliphatic hydroxyl groups excluding tert-OH is 1. The van der Waals surface area contributed by atoms with Crippen LogP contribution in [0.25, 0.3) is 0 Å². The molecule has 1 aliphatic heterocycles. The van der Waals surface area contributed by atoms with E-state index in [1.165, 1.54) is 4.31 Å². The maximum Gasteiger partial charge on any atom is 0.214 e. The van der Waals surface area contributed by atoms with E-state index in [-0.39, 0.29) is 18.5 Å². The van der Waals surface area contributed by atoms with Gasteiger partial charge in [0.05, 0.1) is 18.5 Å². The van der Waals surface area contributed by atoms with Gasteiger partial charge >= 0.3 is 0 Å². The molecule has 1 aliphatic rings. The van der Waals surface area contributed by atoms with Crippen LogP contribution >= 0.6 is 0 Å². The van der Waals surface area contributed by atoms with Gasteiger partial charge in [-0.25, -0.2) is 8.42 Å². The normalized spacial score (nSPS) is 23.5. The fraction of sp³-hybridized carbons (Fsp3) is 1.00. The van der Waals surface area contributed by atoms with E-state index in [1.54, 1.807) is 0 Å². The van der Waals surface area contributed by atoms with Crippen molar-refractivity contribution in [3.8, 4) is 0 Å². The fourth-order valence-electron chi connectivity index (χ4n) is 1.72. The van der Waals surface area contributed by atoms with Crippen LogP contribution < -0.4 is 0 Å². The highest BCUT2D eigenvalue weighted by atomic mass is 32.2. The summed E-state index contributed by atoms with van der Waals surface area (Å²) in [5.74, 6) is 0.129. The summed E-state index contributed by atoms with van der Waals surface area (Å²) in [5.41, 5.74) is 0. The van der Waals surface area contributed by atoms with E-state index in [9.17, 15) is 8.42 Å². The lowest BCUT2D eigenvalue weighted by molar-refractivity contribution is -0.00278. The Balaban J connectivity index is 2.47. The third-order valence-electron chi connectivity index (χ3n) is 2.76. The molecule has 1 saturated heterocycles. The predicted octanol–water partition coefficient (Wildman–Crippen LogP) is 0.200. The second-order valence-electron chi connectivity index (χ2n) is 4.01. The number of ether oxygens (including phenoxy) is 1. The number of rotatable bonds is 6. The standard InChI is InChI=1S/C10H21NO4S/c1-2-10-9-11(5-7-15-10)16(13,14)8-4-3-6-12/h10,12H,2-9H2,1H3. The molecule has 0 amide bonds. The molecule has 1 N–H and O–H groups in total. The van der Waals surface area contributed by atoms with Crippen molar-refractivity contribution in [3.05, 3.63) is 0 Å². The molecule has 1 heterocycles. The molecule has 1 unspecified atom stereocenters. The molecule has 0 spiro atoms. The van der Waals surface area contributed by atoms with Gasteiger partial charge in [0.2, 0.25) is 10.0 Å². The highest BCUT2D eigenvalue weighted by molar-refractivity contribution is 7.89. The van der Waals surface area contributed by atoms with E-state index >= 15 is 0 Å². The molecule has 0 aliphatic carbocycles. The van der Waals surface area contributed by atoms with Crippen LogP contribution in [0.15, 0.2) is 0 Å². The maximum atomic E-state index is 11.9. The molecule has 6 heteroatoms. The first-order chi connectivity index (χ1) is 7.60. The molecular weight excluding hydrogens is 230 g/mol. The Hall–Kier alpha value is -0.170. The highest BCUT2D eigenvalue weighted by Crippen LogP contribution is 2.13. The SMILES string of the molecule is CCC1CN(S(=O)(=O)CCCCO)CCO1. The van der Waals surface area contributed by atoms with Crippen molar-refractivity contribution in [2.24, 2.45) is 0 Å². The quantitative estimate of drug-likeness (QED) is 0.685. The molecule has 0 saturated carbocycles. The van der Waals surface area contributed by atoms with E-state index in [2.05, 4.69) is 0 Å². The summed E-state index contributed by atoms with van der Waals surface area (Å²) in [4.78, 5) is 0. The van der Waals surface area contributed by atoms with Crippen LogP contribution in [0.4, 0.5) is 0 Å². The van der Waals surface area contributed by atoms with Crippen molar-refractivity contribution in [2.45, 2.75) is 32.3 Å². The Kier molecular flexibility index (Phi) is 5.68. The van der Waals surface area contributed by atoms with Gasteiger partial charge in [-0.05, 0) is 19.3 Å². The molecule has 16 heavy (non-hydrogen) atoms. The molecule has 0 bridgehead atoms. The summed E-state index contributed by atoms with van der Waals surface area (Å²) in [7, 11) is -3.16. The number of unbranched alkanes of at least 4 members (excludes halogenated alkanes) is 1. The van der Waals surface area contributed by atoms with Crippen molar-refractivity contribution in [1.29, 1.82) is 0 Å². The molecule has 1 fully saturated rings. The first-order valence-electron chi connectivity index (χ1n) is 5.80. The minimum atomic E-state index is -3.16. The highest BCUT2D eigenvalue weighted by Gasteiger charge is 2.27. The Morgan fingerprint density at radius 1 is 1.44 bits per heavy atom. The molecule has 0 aromatic heterocycles. The van der Waals surface area contributed by atoms with Crippen molar-refractivity contribution < 1.29 is 18.3 Å². The number of hydrogen-bond donors (Lipinski definition) is 1. The average Bonchev–Trinajstić information content (AvgIpc) is 2.29. The smallest absolute Gasteiger partial charge is 0.214 e. The molecule has 0 aromatic rings. The minimum Gasteiger partial charge on any atom is -0.396 e. The molecule has 0 aromatic carbocycles. The topological polar surface area (TPSA) is 66.8 Å². The van der Waals surface area contributed by atoms with Gasteiger partial charge in [0, 0.05) is 19.7 Å². The average molecular weight is 251 g/mol. The van der Waals surface area contributed by atoms with Crippen LogP contribution in [0.1, 0.15) is 26.2 Å². The summed E-state index contributed by atoms with van der Waals surface area (Å²) in [6, 6.07) is 0. The lowest BCUT2D eigenvalue weighted by Gasteiger charge is -2.31. The van der Waals surface area contributed by atoms with Gasteiger partial charge in [-0.3, -0.25) is 0 Å². The zero-order valence-electron chi connectivity index (χ0n) is 9.76. The Labute approximate surface area is 97.4 Å². The van der Waals surface area contributed by atoms with Crippen LogP contribution in [0.3, 0.4) is 0 Å². The van der Waals surface area contributed by atoms with E-state index < -0.39 is 10.0 Å². The Morgan fingerprint density at radius 2 is 2.19 bits per heavy atom. The predicted molar refractivity (Wildman–Crippen MR) is 61.7 cm³/mol. The molecular formula is C10H21NO4S. The van der Waals surface area contributed by atoms with Gasteiger partial charge in [-0.1, -0.05) is 6.92 Å². The lowest BCUT2D eigenvalue weighted by Crippen LogP contribution is -2.46. The third kappa shape index (κ3) is 4.01. The van der Waals surface area contributed by atoms with Crippen LogP contribution in [-0.4, -0.2) is 56.0 Å². The van der Waals surface area contributed by atoms with E-state index in [0.29, 0.717) is 32.5 Å². The number of nitrogens with zero attached hydrogens (tertiary/aromatic N) is 1. The fourth-order valence-corrected chi connectivity index (χ4v) is 3.29. The summed E-state index contributed by atoms with van der Waals surface area (Å²) < 4.78 is 30.8. The first-order valence-corrected chi connectivity index (χ1v) is 7.41. The van der Waals surface area contributed by atoms with Crippen molar-refractivity contribution in [1.82, 2.24) is 4.31 Å². The van der Waals surface area contributed by atoms with E-state index in [0.717, 1.165) is 6.42 Å². The largest absolute Gasteiger partial charge is 0.396 e. The third-order valence-corrected chi connectivity index (χ3v) is 4.68. The summed E-state index contributed by atoms with van der Waals surface area (Å²) in [6.45, 7) is 3.45. The van der Waals surface area contributed by atoms with Gasteiger partial charge in [-0.15, -0.1) is 0 Å². The number of hydrogen-bond acceptors (Lipinski definition) is 4. The van der Waals surface area contributed by atoms with Crippen LogP contribution in [0.2, 0.25) is 0 Å². The Morgan fingerprint density at radius 3 is 2.81 bits per heavy atom. The summed E-state index contributed by atoms with van der Waals surface area (Å²) >= 11 is 0. The lowest BCUT2D eigenvalue weighted by atomic mass is 10.2.